The average molecular weight is 229 g/mol. The fourth-order valence-corrected chi connectivity index (χ4v) is 1.65. The minimum absolute atomic E-state index is 0.180. The van der Waals surface area contributed by atoms with Gasteiger partial charge < -0.3 is 14.6 Å². The summed E-state index contributed by atoms with van der Waals surface area (Å²) in [5.41, 5.74) is 0.759. The summed E-state index contributed by atoms with van der Waals surface area (Å²) in [6.45, 7) is 1.32. The number of aliphatic hydroxyl groups excluding tert-OH is 1. The molecule has 0 amide bonds. The van der Waals surface area contributed by atoms with E-state index in [9.17, 15) is 5.11 Å². The van der Waals surface area contributed by atoms with Gasteiger partial charge in [0.05, 0.1) is 25.2 Å². The third-order valence-electron chi connectivity index (χ3n) is 2.30. The van der Waals surface area contributed by atoms with Crippen molar-refractivity contribution in [1.82, 2.24) is 0 Å². The molecule has 0 spiro atoms. The van der Waals surface area contributed by atoms with Crippen LogP contribution in [0.2, 0.25) is 0 Å². The lowest BCUT2D eigenvalue weighted by Crippen LogP contribution is -2.00. The van der Waals surface area contributed by atoms with Crippen LogP contribution in [-0.2, 0) is 0 Å². The van der Waals surface area contributed by atoms with Crippen LogP contribution in [0.5, 0.6) is 11.5 Å². The molecule has 0 saturated carbocycles. The van der Waals surface area contributed by atoms with Gasteiger partial charge in [-0.1, -0.05) is 6.07 Å². The number of fused-ring (bicyclic) bond motifs is 1. The maximum absolute atomic E-state index is 9.57. The van der Waals surface area contributed by atoms with Crippen LogP contribution in [0.1, 0.15) is 18.1 Å². The molecule has 1 N–H and O–H groups in total. The van der Waals surface area contributed by atoms with Crippen molar-refractivity contribution in [2.45, 2.75) is 12.5 Å². The highest BCUT2D eigenvalue weighted by Gasteiger charge is 2.13. The van der Waals surface area contributed by atoms with Gasteiger partial charge in [0.25, 0.3) is 0 Å². The molecule has 4 heteroatoms. The number of aliphatic hydroxyl groups is 1. The normalized spacial score (nSPS) is 16.9. The van der Waals surface area contributed by atoms with Gasteiger partial charge in [-0.2, -0.15) is 0 Å². The Bertz CT molecular complexity index is 341. The number of hydrogen-bond acceptors (Lipinski definition) is 3. The van der Waals surface area contributed by atoms with Gasteiger partial charge in [0.1, 0.15) is 0 Å². The molecule has 0 radical (unpaired) electrons. The van der Waals surface area contributed by atoms with Crippen LogP contribution in [-0.4, -0.2) is 24.2 Å². The van der Waals surface area contributed by atoms with Crippen molar-refractivity contribution in [3.8, 4) is 11.5 Å². The molecule has 0 saturated heterocycles. The Kier molecular flexibility index (Phi) is 3.34. The fourth-order valence-electron chi connectivity index (χ4n) is 1.48. The number of halogens is 1. The van der Waals surface area contributed by atoms with Gasteiger partial charge in [-0.05, 0) is 17.7 Å². The largest absolute Gasteiger partial charge is 0.490 e. The molecular formula is C11H13ClO3. The first-order valence-electron chi connectivity index (χ1n) is 4.95. The van der Waals surface area contributed by atoms with E-state index in [4.69, 9.17) is 21.1 Å². The van der Waals surface area contributed by atoms with E-state index in [1.54, 1.807) is 12.1 Å². The van der Waals surface area contributed by atoms with Gasteiger partial charge in [0.2, 0.25) is 0 Å². The zero-order valence-corrected chi connectivity index (χ0v) is 9.04. The highest BCUT2D eigenvalue weighted by Crippen LogP contribution is 2.32. The van der Waals surface area contributed by atoms with E-state index >= 15 is 0 Å². The highest BCUT2D eigenvalue weighted by atomic mass is 35.5. The van der Waals surface area contributed by atoms with Crippen molar-refractivity contribution >= 4 is 11.6 Å². The second kappa shape index (κ2) is 4.73. The van der Waals surface area contributed by atoms with Crippen LogP contribution in [0.4, 0.5) is 0 Å². The second-order valence-corrected chi connectivity index (χ2v) is 3.74. The van der Waals surface area contributed by atoms with Gasteiger partial charge in [-0.15, -0.1) is 11.6 Å². The molecule has 0 fully saturated rings. The van der Waals surface area contributed by atoms with E-state index in [0.717, 1.165) is 17.7 Å². The predicted octanol–water partition coefficient (Wildman–Crippen LogP) is 2.12. The fraction of sp³-hybridized carbons (Fsp3) is 0.455. The Morgan fingerprint density at radius 1 is 1.27 bits per heavy atom. The minimum atomic E-state index is -0.649. The van der Waals surface area contributed by atoms with E-state index in [1.165, 1.54) is 0 Å². The lowest BCUT2D eigenvalue weighted by atomic mass is 10.1. The molecule has 1 aromatic carbocycles. The summed E-state index contributed by atoms with van der Waals surface area (Å²) in [5, 5.41) is 9.57. The van der Waals surface area contributed by atoms with Gasteiger partial charge in [0.15, 0.2) is 11.5 Å². The lowest BCUT2D eigenvalue weighted by molar-refractivity contribution is 0.202. The maximum atomic E-state index is 9.57. The van der Waals surface area contributed by atoms with E-state index in [1.807, 2.05) is 6.07 Å². The number of rotatable bonds is 2. The van der Waals surface area contributed by atoms with Gasteiger partial charge in [-0.25, -0.2) is 0 Å². The average Bonchev–Trinajstić information content (AvgIpc) is 2.51. The number of alkyl halides is 1. The Morgan fingerprint density at radius 2 is 2.00 bits per heavy atom. The standard InChI is InChI=1S/C11H13ClO3/c12-7-9(13)8-2-3-10-11(6-8)15-5-1-4-14-10/h2-3,6,9,13H,1,4-5,7H2/t9-/m0/s1. The van der Waals surface area contributed by atoms with Crippen molar-refractivity contribution in [1.29, 1.82) is 0 Å². The van der Waals surface area contributed by atoms with Crippen LogP contribution in [0, 0.1) is 0 Å². The monoisotopic (exact) mass is 228 g/mol. The van der Waals surface area contributed by atoms with Crippen molar-refractivity contribution in [2.75, 3.05) is 19.1 Å². The topological polar surface area (TPSA) is 38.7 Å². The molecule has 82 valence electrons. The molecule has 0 aliphatic carbocycles. The Morgan fingerprint density at radius 3 is 2.73 bits per heavy atom. The van der Waals surface area contributed by atoms with Crippen LogP contribution in [0.3, 0.4) is 0 Å². The van der Waals surface area contributed by atoms with Crippen LogP contribution < -0.4 is 9.47 Å². The molecule has 2 rings (SSSR count). The van der Waals surface area contributed by atoms with Crippen LogP contribution in [0.15, 0.2) is 18.2 Å². The van der Waals surface area contributed by atoms with E-state index in [-0.39, 0.29) is 5.88 Å². The summed E-state index contributed by atoms with van der Waals surface area (Å²) >= 11 is 5.58. The van der Waals surface area contributed by atoms with Crippen LogP contribution in [0.25, 0.3) is 0 Å². The molecule has 15 heavy (non-hydrogen) atoms. The molecule has 1 aromatic rings. The molecule has 0 aromatic heterocycles. The summed E-state index contributed by atoms with van der Waals surface area (Å²) in [5.74, 6) is 1.60. The molecule has 1 heterocycles. The lowest BCUT2D eigenvalue weighted by Gasteiger charge is -2.11. The van der Waals surface area contributed by atoms with Crippen molar-refractivity contribution < 1.29 is 14.6 Å². The molecule has 1 aliphatic heterocycles. The summed E-state index contributed by atoms with van der Waals surface area (Å²) < 4.78 is 11.0. The third-order valence-corrected chi connectivity index (χ3v) is 2.59. The van der Waals surface area contributed by atoms with Gasteiger partial charge >= 0.3 is 0 Å². The van der Waals surface area contributed by atoms with Crippen LogP contribution >= 0.6 is 11.6 Å². The van der Waals surface area contributed by atoms with Gasteiger partial charge in [-0.3, -0.25) is 0 Å². The Balaban J connectivity index is 2.27. The van der Waals surface area contributed by atoms with E-state index < -0.39 is 6.10 Å². The van der Waals surface area contributed by atoms with Gasteiger partial charge in [0, 0.05) is 6.42 Å². The smallest absolute Gasteiger partial charge is 0.161 e. The van der Waals surface area contributed by atoms with Crippen molar-refractivity contribution in [3.63, 3.8) is 0 Å². The SMILES string of the molecule is O[C@@H](CCl)c1ccc2c(c1)OCCCO2. The first-order valence-corrected chi connectivity index (χ1v) is 5.48. The molecule has 3 nitrogen and oxygen atoms in total. The quantitative estimate of drug-likeness (QED) is 0.789. The number of ether oxygens (including phenoxy) is 2. The molecule has 1 aliphatic rings. The Hall–Kier alpha value is -0.930. The summed E-state index contributed by atoms with van der Waals surface area (Å²) in [6.07, 6.45) is 0.228. The Labute approximate surface area is 93.6 Å². The third kappa shape index (κ3) is 2.36. The maximum Gasteiger partial charge on any atom is 0.161 e. The first-order chi connectivity index (χ1) is 7.31. The minimum Gasteiger partial charge on any atom is -0.490 e. The summed E-state index contributed by atoms with van der Waals surface area (Å²) in [7, 11) is 0. The van der Waals surface area contributed by atoms with Crippen molar-refractivity contribution in [2.24, 2.45) is 0 Å². The zero-order chi connectivity index (χ0) is 10.7. The van der Waals surface area contributed by atoms with E-state index in [0.29, 0.717) is 19.0 Å². The highest BCUT2D eigenvalue weighted by molar-refractivity contribution is 6.18. The summed E-state index contributed by atoms with van der Waals surface area (Å²) in [4.78, 5) is 0. The number of hydrogen-bond donors (Lipinski definition) is 1. The summed E-state index contributed by atoms with van der Waals surface area (Å²) in [6, 6.07) is 5.40. The predicted molar refractivity (Wildman–Crippen MR) is 57.7 cm³/mol. The van der Waals surface area contributed by atoms with E-state index in [2.05, 4.69) is 0 Å². The zero-order valence-electron chi connectivity index (χ0n) is 8.28. The molecule has 0 bridgehead atoms. The molecule has 1 atom stereocenters. The number of benzene rings is 1. The molecular weight excluding hydrogens is 216 g/mol. The van der Waals surface area contributed by atoms with Crippen molar-refractivity contribution in [3.05, 3.63) is 23.8 Å². The first kappa shape index (κ1) is 10.6. The molecule has 0 unspecified atom stereocenters. The second-order valence-electron chi connectivity index (χ2n) is 3.43.